The van der Waals surface area contributed by atoms with Crippen LogP contribution in [0.1, 0.15) is 46.0 Å². The fraction of sp³-hybridized carbons (Fsp3) is 0.263. The smallest absolute Gasteiger partial charge is 0.269 e. The second kappa shape index (κ2) is 7.25. The van der Waals surface area contributed by atoms with Crippen molar-refractivity contribution in [1.29, 1.82) is 0 Å². The predicted molar refractivity (Wildman–Crippen MR) is 92.9 cm³/mol. The summed E-state index contributed by atoms with van der Waals surface area (Å²) in [7, 11) is 0. The maximum atomic E-state index is 12.2. The van der Waals surface area contributed by atoms with Crippen LogP contribution in [0.2, 0.25) is 0 Å². The van der Waals surface area contributed by atoms with Gasteiger partial charge in [0.15, 0.2) is 11.5 Å². The monoisotopic (exact) mass is 340 g/mol. The van der Waals surface area contributed by atoms with E-state index >= 15 is 0 Å². The standard InChI is InChI=1S/C19H20N2O4/c1-12(2)13-3-5-14(6-4-13)18(22)20-21-19(23)15-7-8-16-17(11-15)25-10-9-24-16/h3-8,11-12H,9-10H2,1-2H3,(H,20,22)(H,21,23). The molecule has 0 saturated carbocycles. The lowest BCUT2D eigenvalue weighted by Gasteiger charge is -2.18. The Morgan fingerprint density at radius 3 is 2.04 bits per heavy atom. The first-order valence-corrected chi connectivity index (χ1v) is 8.15. The molecule has 6 heteroatoms. The fourth-order valence-electron chi connectivity index (χ4n) is 2.46. The van der Waals surface area contributed by atoms with Crippen molar-refractivity contribution in [2.45, 2.75) is 19.8 Å². The molecule has 0 unspecified atom stereocenters. The Bertz CT molecular complexity index is 785. The van der Waals surface area contributed by atoms with E-state index in [-0.39, 0.29) is 5.91 Å². The van der Waals surface area contributed by atoms with E-state index in [9.17, 15) is 9.59 Å². The molecule has 2 N–H and O–H groups in total. The number of hydrogen-bond donors (Lipinski definition) is 2. The van der Waals surface area contributed by atoms with E-state index in [0.29, 0.717) is 41.8 Å². The van der Waals surface area contributed by atoms with E-state index in [1.165, 1.54) is 0 Å². The molecular formula is C19H20N2O4. The molecule has 2 aromatic carbocycles. The molecule has 0 atom stereocenters. The van der Waals surface area contributed by atoms with Gasteiger partial charge in [-0.2, -0.15) is 0 Å². The average molecular weight is 340 g/mol. The normalized spacial score (nSPS) is 12.6. The Balaban J connectivity index is 1.61. The van der Waals surface area contributed by atoms with Crippen LogP contribution in [0.15, 0.2) is 42.5 Å². The molecule has 0 bridgehead atoms. The minimum atomic E-state index is -0.427. The van der Waals surface area contributed by atoms with Gasteiger partial charge in [0.05, 0.1) is 0 Å². The summed E-state index contributed by atoms with van der Waals surface area (Å²) in [6.07, 6.45) is 0. The van der Waals surface area contributed by atoms with E-state index in [1.54, 1.807) is 30.3 Å². The highest BCUT2D eigenvalue weighted by Gasteiger charge is 2.15. The Hall–Kier alpha value is -3.02. The molecule has 0 aromatic heterocycles. The van der Waals surface area contributed by atoms with Crippen LogP contribution < -0.4 is 20.3 Å². The van der Waals surface area contributed by atoms with Gasteiger partial charge < -0.3 is 9.47 Å². The van der Waals surface area contributed by atoms with Crippen LogP contribution in [-0.2, 0) is 0 Å². The summed E-state index contributed by atoms with van der Waals surface area (Å²) in [5, 5.41) is 0. The van der Waals surface area contributed by atoms with E-state index in [2.05, 4.69) is 24.7 Å². The molecule has 1 heterocycles. The Labute approximate surface area is 146 Å². The minimum Gasteiger partial charge on any atom is -0.486 e. The lowest BCUT2D eigenvalue weighted by Crippen LogP contribution is -2.41. The van der Waals surface area contributed by atoms with Crippen LogP contribution in [0.3, 0.4) is 0 Å². The second-order valence-corrected chi connectivity index (χ2v) is 6.04. The zero-order valence-corrected chi connectivity index (χ0v) is 14.2. The number of carbonyl (C=O) groups excluding carboxylic acids is 2. The van der Waals surface area contributed by atoms with Crippen molar-refractivity contribution in [3.8, 4) is 11.5 Å². The Kier molecular flexibility index (Phi) is 4.88. The van der Waals surface area contributed by atoms with Crippen LogP contribution in [0.5, 0.6) is 11.5 Å². The van der Waals surface area contributed by atoms with Crippen LogP contribution in [-0.4, -0.2) is 25.0 Å². The van der Waals surface area contributed by atoms with Crippen LogP contribution in [0.25, 0.3) is 0 Å². The third-order valence-electron chi connectivity index (χ3n) is 3.93. The second-order valence-electron chi connectivity index (χ2n) is 6.04. The van der Waals surface area contributed by atoms with Crippen molar-refractivity contribution in [3.63, 3.8) is 0 Å². The van der Waals surface area contributed by atoms with Crippen molar-refractivity contribution in [2.24, 2.45) is 0 Å². The number of fused-ring (bicyclic) bond motifs is 1. The minimum absolute atomic E-state index is 0.374. The molecule has 25 heavy (non-hydrogen) atoms. The summed E-state index contributed by atoms with van der Waals surface area (Å²) >= 11 is 0. The summed E-state index contributed by atoms with van der Waals surface area (Å²) in [6, 6.07) is 12.2. The maximum absolute atomic E-state index is 12.2. The highest BCUT2D eigenvalue weighted by atomic mass is 16.6. The highest BCUT2D eigenvalue weighted by Crippen LogP contribution is 2.30. The number of carbonyl (C=O) groups is 2. The number of hydrazine groups is 1. The van der Waals surface area contributed by atoms with Gasteiger partial charge in [-0.1, -0.05) is 26.0 Å². The summed E-state index contributed by atoms with van der Waals surface area (Å²) in [5.41, 5.74) is 6.83. The highest BCUT2D eigenvalue weighted by molar-refractivity contribution is 5.99. The van der Waals surface area contributed by atoms with E-state index in [4.69, 9.17) is 9.47 Å². The first-order valence-electron chi connectivity index (χ1n) is 8.15. The topological polar surface area (TPSA) is 76.7 Å². The fourth-order valence-corrected chi connectivity index (χ4v) is 2.46. The SMILES string of the molecule is CC(C)c1ccc(C(=O)NNC(=O)c2ccc3c(c2)OCCO3)cc1. The molecule has 3 rings (SSSR count). The lowest BCUT2D eigenvalue weighted by molar-refractivity contribution is 0.0846. The van der Waals surface area contributed by atoms with Crippen LogP contribution >= 0.6 is 0 Å². The van der Waals surface area contributed by atoms with Crippen LogP contribution in [0, 0.1) is 0 Å². The van der Waals surface area contributed by atoms with Gasteiger partial charge in [-0.3, -0.25) is 20.4 Å². The average Bonchev–Trinajstić information content (AvgIpc) is 2.65. The quantitative estimate of drug-likeness (QED) is 0.842. The van der Waals surface area contributed by atoms with Gasteiger partial charge in [0, 0.05) is 11.1 Å². The molecule has 2 aromatic rings. The van der Waals surface area contributed by atoms with Crippen molar-refractivity contribution in [2.75, 3.05) is 13.2 Å². The van der Waals surface area contributed by atoms with Gasteiger partial charge in [-0.05, 0) is 41.8 Å². The third-order valence-corrected chi connectivity index (χ3v) is 3.93. The molecule has 0 radical (unpaired) electrons. The van der Waals surface area contributed by atoms with E-state index < -0.39 is 5.91 Å². The zero-order chi connectivity index (χ0) is 17.8. The Morgan fingerprint density at radius 1 is 0.840 bits per heavy atom. The Morgan fingerprint density at radius 2 is 1.40 bits per heavy atom. The molecule has 130 valence electrons. The van der Waals surface area contributed by atoms with Crippen molar-refractivity contribution in [1.82, 2.24) is 10.9 Å². The number of ether oxygens (including phenoxy) is 2. The van der Waals surface area contributed by atoms with Gasteiger partial charge in [0.1, 0.15) is 13.2 Å². The van der Waals surface area contributed by atoms with Gasteiger partial charge in [0.2, 0.25) is 0 Å². The van der Waals surface area contributed by atoms with Gasteiger partial charge in [-0.15, -0.1) is 0 Å². The molecule has 0 fully saturated rings. The summed E-state index contributed by atoms with van der Waals surface area (Å²) in [4.78, 5) is 24.3. The first kappa shape index (κ1) is 16.8. The number of hydrogen-bond acceptors (Lipinski definition) is 4. The van der Waals surface area contributed by atoms with Crippen molar-refractivity contribution < 1.29 is 19.1 Å². The van der Waals surface area contributed by atoms with Gasteiger partial charge >= 0.3 is 0 Å². The maximum Gasteiger partial charge on any atom is 0.269 e. The molecule has 0 saturated heterocycles. The van der Waals surface area contributed by atoms with E-state index in [0.717, 1.165) is 5.56 Å². The number of nitrogens with one attached hydrogen (secondary N) is 2. The van der Waals surface area contributed by atoms with Crippen molar-refractivity contribution in [3.05, 3.63) is 59.2 Å². The molecule has 2 amide bonds. The van der Waals surface area contributed by atoms with Crippen LogP contribution in [0.4, 0.5) is 0 Å². The third kappa shape index (κ3) is 3.91. The molecule has 6 nitrogen and oxygen atoms in total. The van der Waals surface area contributed by atoms with E-state index in [1.807, 2.05) is 12.1 Å². The van der Waals surface area contributed by atoms with Crippen molar-refractivity contribution >= 4 is 11.8 Å². The molecule has 1 aliphatic heterocycles. The lowest BCUT2D eigenvalue weighted by atomic mass is 10.0. The number of amides is 2. The van der Waals surface area contributed by atoms with Gasteiger partial charge in [-0.25, -0.2) is 0 Å². The summed E-state index contributed by atoms with van der Waals surface area (Å²) in [5.74, 6) is 0.726. The predicted octanol–water partition coefficient (Wildman–Crippen LogP) is 2.66. The first-order chi connectivity index (χ1) is 12.0. The largest absolute Gasteiger partial charge is 0.486 e. The summed E-state index contributed by atoms with van der Waals surface area (Å²) in [6.45, 7) is 5.11. The molecular weight excluding hydrogens is 320 g/mol. The number of rotatable bonds is 3. The molecule has 0 spiro atoms. The summed E-state index contributed by atoms with van der Waals surface area (Å²) < 4.78 is 10.9. The van der Waals surface area contributed by atoms with Gasteiger partial charge in [0.25, 0.3) is 11.8 Å². The zero-order valence-electron chi connectivity index (χ0n) is 14.2. The number of benzene rings is 2. The molecule has 1 aliphatic rings. The molecule has 0 aliphatic carbocycles.